The minimum atomic E-state index is -0.574. The predicted octanol–water partition coefficient (Wildman–Crippen LogP) is 2.98. The molecule has 0 radical (unpaired) electrons. The number of nitrogens with zero attached hydrogens (tertiary/aromatic N) is 1. The van der Waals surface area contributed by atoms with Crippen LogP contribution >= 0.6 is 11.6 Å². The van der Waals surface area contributed by atoms with Crippen LogP contribution < -0.4 is 15.0 Å². The van der Waals surface area contributed by atoms with Crippen molar-refractivity contribution in [1.82, 2.24) is 5.32 Å². The minimum absolute atomic E-state index is 0.0766. The molecule has 1 unspecified atom stereocenters. The van der Waals surface area contributed by atoms with Crippen LogP contribution in [-0.4, -0.2) is 37.3 Å². The SMILES string of the molecule is COc1ccc(N2CC(NC(=O)OC(C)(C)C)CC2=O)cc1Cl. The average Bonchev–Trinajstić information content (AvgIpc) is 2.77. The Bertz CT molecular complexity index is 613. The summed E-state index contributed by atoms with van der Waals surface area (Å²) in [6.45, 7) is 5.74. The molecule has 1 aromatic carbocycles. The van der Waals surface area contributed by atoms with Gasteiger partial charge in [-0.05, 0) is 39.0 Å². The van der Waals surface area contributed by atoms with E-state index in [0.29, 0.717) is 23.0 Å². The average molecular weight is 341 g/mol. The molecule has 0 aromatic heterocycles. The van der Waals surface area contributed by atoms with E-state index in [0.717, 1.165) is 0 Å². The van der Waals surface area contributed by atoms with Crippen molar-refractivity contribution in [2.75, 3.05) is 18.6 Å². The molecule has 2 amide bonds. The van der Waals surface area contributed by atoms with Crippen molar-refractivity contribution in [2.24, 2.45) is 0 Å². The molecule has 1 aliphatic heterocycles. The number of nitrogens with one attached hydrogen (secondary N) is 1. The number of carbonyl (C=O) groups is 2. The van der Waals surface area contributed by atoms with E-state index >= 15 is 0 Å². The third-order valence-electron chi connectivity index (χ3n) is 3.29. The van der Waals surface area contributed by atoms with Gasteiger partial charge >= 0.3 is 6.09 Å². The number of hydrogen-bond acceptors (Lipinski definition) is 4. The lowest BCUT2D eigenvalue weighted by Crippen LogP contribution is -2.40. The second-order valence-corrected chi connectivity index (χ2v) is 6.78. The summed E-state index contributed by atoms with van der Waals surface area (Å²) in [4.78, 5) is 25.6. The van der Waals surface area contributed by atoms with Gasteiger partial charge in [0, 0.05) is 18.7 Å². The van der Waals surface area contributed by atoms with Gasteiger partial charge in [-0.1, -0.05) is 11.6 Å². The Hall–Kier alpha value is -1.95. The Morgan fingerprint density at radius 2 is 2.09 bits per heavy atom. The molecule has 2 rings (SSSR count). The van der Waals surface area contributed by atoms with Gasteiger partial charge in [0.1, 0.15) is 11.4 Å². The highest BCUT2D eigenvalue weighted by Gasteiger charge is 2.32. The number of hydrogen-bond donors (Lipinski definition) is 1. The Morgan fingerprint density at radius 1 is 1.39 bits per heavy atom. The molecule has 1 N–H and O–H groups in total. The van der Waals surface area contributed by atoms with Crippen molar-refractivity contribution in [1.29, 1.82) is 0 Å². The summed E-state index contributed by atoms with van der Waals surface area (Å²) in [6, 6.07) is 4.85. The zero-order valence-electron chi connectivity index (χ0n) is 13.7. The number of methoxy groups -OCH3 is 1. The fraction of sp³-hybridized carbons (Fsp3) is 0.500. The molecule has 1 heterocycles. The lowest BCUT2D eigenvalue weighted by molar-refractivity contribution is -0.117. The first kappa shape index (κ1) is 17.4. The van der Waals surface area contributed by atoms with Crippen LogP contribution in [0.2, 0.25) is 5.02 Å². The maximum absolute atomic E-state index is 12.2. The summed E-state index contributed by atoms with van der Waals surface area (Å²) in [7, 11) is 1.53. The van der Waals surface area contributed by atoms with Crippen LogP contribution in [0.15, 0.2) is 18.2 Å². The second kappa shape index (κ2) is 6.66. The summed E-state index contributed by atoms with van der Waals surface area (Å²) in [5, 5.41) is 3.15. The third kappa shape index (κ3) is 4.51. The van der Waals surface area contributed by atoms with Crippen molar-refractivity contribution in [2.45, 2.75) is 38.8 Å². The van der Waals surface area contributed by atoms with Crippen LogP contribution in [-0.2, 0) is 9.53 Å². The fourth-order valence-corrected chi connectivity index (χ4v) is 2.60. The molecule has 0 saturated carbocycles. The molecular formula is C16H21ClN2O4. The summed E-state index contributed by atoms with van der Waals surface area (Å²) < 4.78 is 10.3. The number of alkyl carbamates (subject to hydrolysis) is 1. The Morgan fingerprint density at radius 3 is 2.65 bits per heavy atom. The highest BCUT2D eigenvalue weighted by Crippen LogP contribution is 2.31. The van der Waals surface area contributed by atoms with Crippen molar-refractivity contribution in [3.63, 3.8) is 0 Å². The molecule has 23 heavy (non-hydrogen) atoms. The monoisotopic (exact) mass is 340 g/mol. The summed E-state index contributed by atoms with van der Waals surface area (Å²) >= 11 is 6.10. The summed E-state index contributed by atoms with van der Waals surface area (Å²) in [5.41, 5.74) is 0.102. The number of ether oxygens (including phenoxy) is 2. The minimum Gasteiger partial charge on any atom is -0.495 e. The first-order valence-electron chi connectivity index (χ1n) is 7.33. The van der Waals surface area contributed by atoms with Crippen molar-refractivity contribution >= 4 is 29.3 Å². The molecule has 0 aliphatic carbocycles. The van der Waals surface area contributed by atoms with E-state index in [1.165, 1.54) is 7.11 Å². The quantitative estimate of drug-likeness (QED) is 0.918. The molecule has 0 spiro atoms. The molecule has 7 heteroatoms. The van der Waals surface area contributed by atoms with Gasteiger partial charge in [0.15, 0.2) is 0 Å². The third-order valence-corrected chi connectivity index (χ3v) is 3.59. The van der Waals surface area contributed by atoms with Gasteiger partial charge < -0.3 is 19.7 Å². The van der Waals surface area contributed by atoms with Crippen LogP contribution in [0.1, 0.15) is 27.2 Å². The van der Waals surface area contributed by atoms with Gasteiger partial charge in [0.05, 0.1) is 18.2 Å². The molecule has 1 aliphatic rings. The van der Waals surface area contributed by atoms with E-state index in [4.69, 9.17) is 21.1 Å². The standard InChI is InChI=1S/C16H21ClN2O4/c1-16(2,3)23-15(21)18-10-7-14(20)19(9-10)11-5-6-13(22-4)12(17)8-11/h5-6,8,10H,7,9H2,1-4H3,(H,18,21). The van der Waals surface area contributed by atoms with Gasteiger partial charge in [0.2, 0.25) is 5.91 Å². The van der Waals surface area contributed by atoms with Crippen LogP contribution in [0.4, 0.5) is 10.5 Å². The van der Waals surface area contributed by atoms with Crippen molar-refractivity contribution in [3.05, 3.63) is 23.2 Å². The number of anilines is 1. The van der Waals surface area contributed by atoms with Crippen molar-refractivity contribution in [3.8, 4) is 5.75 Å². The number of carbonyl (C=O) groups excluding carboxylic acids is 2. The zero-order valence-corrected chi connectivity index (χ0v) is 14.4. The van der Waals surface area contributed by atoms with Crippen molar-refractivity contribution < 1.29 is 19.1 Å². The van der Waals surface area contributed by atoms with Gasteiger partial charge in [0.25, 0.3) is 0 Å². The number of amides is 2. The van der Waals surface area contributed by atoms with Crippen LogP contribution in [0, 0.1) is 0 Å². The van der Waals surface area contributed by atoms with E-state index in [9.17, 15) is 9.59 Å². The zero-order chi connectivity index (χ0) is 17.2. The second-order valence-electron chi connectivity index (χ2n) is 6.37. The maximum atomic E-state index is 12.2. The molecule has 0 bridgehead atoms. The molecule has 1 atom stereocenters. The first-order valence-corrected chi connectivity index (χ1v) is 7.71. The normalized spacial score (nSPS) is 18.0. The van der Waals surface area contributed by atoms with Crippen LogP contribution in [0.25, 0.3) is 0 Å². The van der Waals surface area contributed by atoms with Gasteiger partial charge in [-0.2, -0.15) is 0 Å². The van der Waals surface area contributed by atoms with Gasteiger partial charge in [-0.15, -0.1) is 0 Å². The van der Waals surface area contributed by atoms with E-state index in [1.54, 1.807) is 43.9 Å². The lowest BCUT2D eigenvalue weighted by atomic mass is 10.2. The van der Waals surface area contributed by atoms with Crippen LogP contribution in [0.5, 0.6) is 5.75 Å². The largest absolute Gasteiger partial charge is 0.495 e. The summed E-state index contributed by atoms with van der Waals surface area (Å²) in [6.07, 6.45) is -0.298. The lowest BCUT2D eigenvalue weighted by Gasteiger charge is -2.22. The Balaban J connectivity index is 2.02. The smallest absolute Gasteiger partial charge is 0.407 e. The van der Waals surface area contributed by atoms with Gasteiger partial charge in [-0.25, -0.2) is 4.79 Å². The molecular weight excluding hydrogens is 320 g/mol. The van der Waals surface area contributed by atoms with Gasteiger partial charge in [-0.3, -0.25) is 4.79 Å². The van der Waals surface area contributed by atoms with E-state index in [1.807, 2.05) is 0 Å². The topological polar surface area (TPSA) is 67.9 Å². The highest BCUT2D eigenvalue weighted by molar-refractivity contribution is 6.32. The fourth-order valence-electron chi connectivity index (χ4n) is 2.35. The number of halogens is 1. The van der Waals surface area contributed by atoms with Crippen LogP contribution in [0.3, 0.4) is 0 Å². The predicted molar refractivity (Wildman–Crippen MR) is 88.1 cm³/mol. The molecule has 126 valence electrons. The molecule has 1 aromatic rings. The molecule has 1 fully saturated rings. The van der Waals surface area contributed by atoms with E-state index in [-0.39, 0.29) is 18.4 Å². The maximum Gasteiger partial charge on any atom is 0.407 e. The first-order chi connectivity index (χ1) is 10.7. The van der Waals surface area contributed by atoms with E-state index in [2.05, 4.69) is 5.32 Å². The molecule has 1 saturated heterocycles. The number of rotatable bonds is 3. The highest BCUT2D eigenvalue weighted by atomic mass is 35.5. The number of benzene rings is 1. The molecule has 6 nitrogen and oxygen atoms in total. The summed E-state index contributed by atoms with van der Waals surface area (Å²) in [5.74, 6) is 0.470. The Kier molecular flexibility index (Phi) is 5.04. The van der Waals surface area contributed by atoms with E-state index < -0.39 is 11.7 Å². The Labute approximate surface area is 140 Å².